The molecule has 30 heavy (non-hydrogen) atoms. The maximum Gasteiger partial charge on any atom is 0.337 e. The largest absolute Gasteiger partial charge is 0.496 e. The number of aryl methyl sites for hydroxylation is 1. The molecule has 4 aromatic rings. The summed E-state index contributed by atoms with van der Waals surface area (Å²) in [7, 11) is 1.61. The molecule has 0 unspecified atom stereocenters. The van der Waals surface area contributed by atoms with Gasteiger partial charge >= 0.3 is 5.69 Å². The van der Waals surface area contributed by atoms with Crippen LogP contribution in [0.5, 0.6) is 5.75 Å². The number of methoxy groups -OCH3 is 1. The minimum atomic E-state index is -0.441. The van der Waals surface area contributed by atoms with E-state index in [0.29, 0.717) is 23.4 Å². The molecule has 0 radical (unpaired) electrons. The average Bonchev–Trinajstić information content (AvgIpc) is 3.16. The Morgan fingerprint density at radius 2 is 1.83 bits per heavy atom. The number of allylic oxidation sites excluding steroid dienone is 1. The van der Waals surface area contributed by atoms with Crippen LogP contribution in [-0.2, 0) is 13.1 Å². The van der Waals surface area contributed by atoms with Gasteiger partial charge in [-0.3, -0.25) is 9.36 Å². The molecule has 152 valence electrons. The van der Waals surface area contributed by atoms with Gasteiger partial charge in [-0.2, -0.15) is 0 Å². The number of benzene rings is 2. The zero-order chi connectivity index (χ0) is 21.3. The quantitative estimate of drug-likeness (QED) is 0.465. The van der Waals surface area contributed by atoms with Crippen molar-refractivity contribution in [3.8, 4) is 11.4 Å². The first-order valence-electron chi connectivity index (χ1n) is 9.56. The van der Waals surface area contributed by atoms with Gasteiger partial charge in [0.1, 0.15) is 5.75 Å². The van der Waals surface area contributed by atoms with Gasteiger partial charge in [0.15, 0.2) is 11.2 Å². The highest BCUT2D eigenvalue weighted by Crippen LogP contribution is 2.21. The van der Waals surface area contributed by atoms with Crippen molar-refractivity contribution in [2.24, 2.45) is 0 Å². The number of hydrogen-bond donors (Lipinski definition) is 0. The first-order chi connectivity index (χ1) is 14.6. The predicted molar refractivity (Wildman–Crippen MR) is 117 cm³/mol. The summed E-state index contributed by atoms with van der Waals surface area (Å²) in [5, 5.41) is 0. The van der Waals surface area contributed by atoms with Gasteiger partial charge in [0.05, 0.1) is 25.7 Å². The lowest BCUT2D eigenvalue weighted by molar-refractivity contribution is 0.408. The molecule has 0 bridgehead atoms. The van der Waals surface area contributed by atoms with Crippen LogP contribution in [0.3, 0.4) is 0 Å². The summed E-state index contributed by atoms with van der Waals surface area (Å²) in [6.07, 6.45) is 3.13. The molecule has 0 aliphatic heterocycles. The number of para-hydroxylation sites is 2. The molecule has 7 heteroatoms. The summed E-state index contributed by atoms with van der Waals surface area (Å²) >= 11 is 0. The number of rotatable bonds is 6. The molecule has 4 rings (SSSR count). The van der Waals surface area contributed by atoms with Gasteiger partial charge in [-0.25, -0.2) is 14.3 Å². The Balaban J connectivity index is 2.03. The Labute approximate surface area is 173 Å². The fourth-order valence-corrected chi connectivity index (χ4v) is 3.64. The Morgan fingerprint density at radius 3 is 2.57 bits per heavy atom. The van der Waals surface area contributed by atoms with Crippen molar-refractivity contribution in [2.45, 2.75) is 20.0 Å². The van der Waals surface area contributed by atoms with E-state index in [-0.39, 0.29) is 6.54 Å². The first kappa shape index (κ1) is 19.4. The van der Waals surface area contributed by atoms with Gasteiger partial charge in [0, 0.05) is 12.1 Å². The maximum atomic E-state index is 13.2. The lowest BCUT2D eigenvalue weighted by Crippen LogP contribution is -2.40. The third-order valence-corrected chi connectivity index (χ3v) is 5.10. The van der Waals surface area contributed by atoms with Gasteiger partial charge in [0.2, 0.25) is 0 Å². The molecule has 0 saturated carbocycles. The van der Waals surface area contributed by atoms with Crippen molar-refractivity contribution in [2.75, 3.05) is 7.11 Å². The highest BCUT2D eigenvalue weighted by molar-refractivity contribution is 5.73. The van der Waals surface area contributed by atoms with Crippen LogP contribution in [0.2, 0.25) is 0 Å². The highest BCUT2D eigenvalue weighted by Gasteiger charge is 2.20. The van der Waals surface area contributed by atoms with Gasteiger partial charge in [-0.1, -0.05) is 42.5 Å². The average molecular weight is 402 g/mol. The topological polar surface area (TPSA) is 71.0 Å². The molecule has 0 spiro atoms. The second kappa shape index (κ2) is 7.87. The monoisotopic (exact) mass is 402 g/mol. The predicted octanol–water partition coefficient (Wildman–Crippen LogP) is 2.90. The molecule has 0 saturated heterocycles. The van der Waals surface area contributed by atoms with E-state index in [0.717, 1.165) is 16.9 Å². The third kappa shape index (κ3) is 3.14. The summed E-state index contributed by atoms with van der Waals surface area (Å²) in [6, 6.07) is 15.1. The fraction of sp³-hybridized carbons (Fsp3) is 0.174. The van der Waals surface area contributed by atoms with Crippen molar-refractivity contribution in [3.05, 3.63) is 99.5 Å². The maximum absolute atomic E-state index is 13.2. The minimum absolute atomic E-state index is 0.110. The lowest BCUT2D eigenvalue weighted by atomic mass is 10.2. The molecular formula is C23H22N4O3. The molecule has 0 amide bonds. The van der Waals surface area contributed by atoms with E-state index in [1.54, 1.807) is 18.0 Å². The van der Waals surface area contributed by atoms with Gasteiger partial charge < -0.3 is 9.30 Å². The molecular weight excluding hydrogens is 380 g/mol. The summed E-state index contributed by atoms with van der Waals surface area (Å²) in [4.78, 5) is 30.9. The van der Waals surface area contributed by atoms with Crippen molar-refractivity contribution in [1.29, 1.82) is 0 Å². The van der Waals surface area contributed by atoms with Crippen LogP contribution in [0.15, 0.2) is 77.1 Å². The van der Waals surface area contributed by atoms with E-state index in [2.05, 4.69) is 11.6 Å². The smallest absolute Gasteiger partial charge is 0.337 e. The molecule has 0 aliphatic carbocycles. The number of ether oxygens (including phenoxy) is 1. The van der Waals surface area contributed by atoms with Crippen LogP contribution in [-0.4, -0.2) is 25.8 Å². The Bertz CT molecular complexity index is 1360. The Hall–Kier alpha value is -3.87. The van der Waals surface area contributed by atoms with Gasteiger partial charge in [0.25, 0.3) is 5.56 Å². The van der Waals surface area contributed by atoms with Crippen molar-refractivity contribution in [1.82, 2.24) is 18.7 Å². The highest BCUT2D eigenvalue weighted by atomic mass is 16.5. The van der Waals surface area contributed by atoms with E-state index < -0.39 is 11.2 Å². The first-order valence-corrected chi connectivity index (χ1v) is 9.56. The molecule has 0 fully saturated rings. The van der Waals surface area contributed by atoms with Crippen LogP contribution in [0.25, 0.3) is 16.9 Å². The molecule has 7 nitrogen and oxygen atoms in total. The number of hydrogen-bond acceptors (Lipinski definition) is 4. The lowest BCUT2D eigenvalue weighted by Gasteiger charge is -2.14. The Morgan fingerprint density at radius 1 is 1.10 bits per heavy atom. The molecule has 2 aromatic heterocycles. The van der Waals surface area contributed by atoms with Gasteiger partial charge in [-0.05, 0) is 24.6 Å². The Kier molecular flexibility index (Phi) is 5.10. The van der Waals surface area contributed by atoms with Crippen molar-refractivity contribution in [3.63, 3.8) is 0 Å². The molecule has 0 atom stereocenters. The van der Waals surface area contributed by atoms with E-state index in [9.17, 15) is 9.59 Å². The van der Waals surface area contributed by atoms with Crippen LogP contribution in [0, 0.1) is 6.92 Å². The molecule has 0 aliphatic rings. The molecule has 2 heterocycles. The summed E-state index contributed by atoms with van der Waals surface area (Å²) in [5.41, 5.74) is 2.34. The number of imidazole rings is 1. The summed E-state index contributed by atoms with van der Waals surface area (Å²) in [6.45, 7) is 6.11. The van der Waals surface area contributed by atoms with E-state index >= 15 is 0 Å². The van der Waals surface area contributed by atoms with Crippen LogP contribution < -0.4 is 16.0 Å². The normalized spacial score (nSPS) is 11.0. The number of aromatic nitrogens is 4. The van der Waals surface area contributed by atoms with E-state index in [1.807, 2.05) is 55.5 Å². The standard InChI is InChI=1S/C23H22N4O3/c1-4-13-26-22(28)20-21(27(23(26)29)18-11-7-5-9-16(18)2)24-15-25(20)14-17-10-6-8-12-19(17)30-3/h4-12,15H,1,13-14H2,2-3H3. The van der Waals surface area contributed by atoms with Crippen LogP contribution in [0.1, 0.15) is 11.1 Å². The molecule has 0 N–H and O–H groups in total. The summed E-state index contributed by atoms with van der Waals surface area (Å²) < 4.78 is 9.87. The van der Waals surface area contributed by atoms with Gasteiger partial charge in [-0.15, -0.1) is 6.58 Å². The minimum Gasteiger partial charge on any atom is -0.496 e. The zero-order valence-electron chi connectivity index (χ0n) is 16.9. The zero-order valence-corrected chi connectivity index (χ0v) is 16.9. The summed E-state index contributed by atoms with van der Waals surface area (Å²) in [5.74, 6) is 0.720. The second-order valence-electron chi connectivity index (χ2n) is 6.97. The molecule has 2 aromatic carbocycles. The van der Waals surface area contributed by atoms with Crippen LogP contribution in [0.4, 0.5) is 0 Å². The van der Waals surface area contributed by atoms with E-state index in [4.69, 9.17) is 4.74 Å². The van der Waals surface area contributed by atoms with E-state index in [1.165, 1.54) is 15.2 Å². The third-order valence-electron chi connectivity index (χ3n) is 5.10. The second-order valence-corrected chi connectivity index (χ2v) is 6.97. The SMILES string of the molecule is C=CCn1c(=O)c2c(ncn2Cc2ccccc2OC)n(-c2ccccc2C)c1=O. The fourth-order valence-electron chi connectivity index (χ4n) is 3.64. The number of fused-ring (bicyclic) bond motifs is 1. The van der Waals surface area contributed by atoms with Crippen molar-refractivity contribution >= 4 is 11.2 Å². The van der Waals surface area contributed by atoms with Crippen molar-refractivity contribution < 1.29 is 4.74 Å². The van der Waals surface area contributed by atoms with Crippen LogP contribution >= 0.6 is 0 Å². The number of nitrogens with zero attached hydrogens (tertiary/aromatic N) is 4.